The number of carbonyl (C=O) groups excluding carboxylic acids is 3. The van der Waals surface area contributed by atoms with Gasteiger partial charge in [0.2, 0.25) is 0 Å². The summed E-state index contributed by atoms with van der Waals surface area (Å²) in [5, 5.41) is 26.8. The summed E-state index contributed by atoms with van der Waals surface area (Å²) in [6.45, 7) is 1.16. The molecule has 1 fully saturated rings. The molecule has 5 rings (SSSR count). The lowest BCUT2D eigenvalue weighted by molar-refractivity contribution is 0.0192. The second kappa shape index (κ2) is 11.3. The van der Waals surface area contributed by atoms with E-state index in [0.29, 0.717) is 29.6 Å². The lowest BCUT2D eigenvalue weighted by Gasteiger charge is -2.26. The first-order chi connectivity index (χ1) is 18.9. The minimum Gasteiger partial charge on any atom is -0.508 e. The third-order valence-corrected chi connectivity index (χ3v) is 6.71. The van der Waals surface area contributed by atoms with E-state index < -0.39 is 23.9 Å². The summed E-state index contributed by atoms with van der Waals surface area (Å²) in [5.74, 6) is -1.38. The van der Waals surface area contributed by atoms with E-state index in [1.54, 1.807) is 24.4 Å². The average Bonchev–Trinajstić information content (AvgIpc) is 3.17. The first-order valence-electron chi connectivity index (χ1n) is 12.6. The highest BCUT2D eigenvalue weighted by Gasteiger charge is 2.29. The largest absolute Gasteiger partial charge is 0.508 e. The van der Waals surface area contributed by atoms with Crippen LogP contribution in [0.1, 0.15) is 49.5 Å². The van der Waals surface area contributed by atoms with E-state index in [-0.39, 0.29) is 28.5 Å². The van der Waals surface area contributed by atoms with Gasteiger partial charge in [0.05, 0.1) is 22.7 Å². The quantitative estimate of drug-likeness (QED) is 0.221. The summed E-state index contributed by atoms with van der Waals surface area (Å²) in [5.41, 5.74) is 1.65. The van der Waals surface area contributed by atoms with Crippen molar-refractivity contribution in [2.24, 2.45) is 0 Å². The van der Waals surface area contributed by atoms with Crippen LogP contribution >= 0.6 is 0 Å². The van der Waals surface area contributed by atoms with Crippen LogP contribution in [-0.4, -0.2) is 58.1 Å². The number of ether oxygens (including phenoxy) is 1. The molecule has 3 aromatic carbocycles. The molecule has 198 valence electrons. The van der Waals surface area contributed by atoms with Crippen molar-refractivity contribution in [3.63, 3.8) is 0 Å². The fraction of sp³-hybridized carbons (Fsp3) is 0.200. The number of esters is 1. The van der Waals surface area contributed by atoms with Gasteiger partial charge in [-0.25, -0.2) is 4.79 Å². The Morgan fingerprint density at radius 3 is 2.41 bits per heavy atom. The van der Waals surface area contributed by atoms with Gasteiger partial charge in [-0.15, -0.1) is 0 Å². The Morgan fingerprint density at radius 2 is 1.64 bits per heavy atom. The summed E-state index contributed by atoms with van der Waals surface area (Å²) in [6, 6.07) is 18.1. The number of aromatic nitrogens is 1. The second-order valence-electron chi connectivity index (χ2n) is 9.39. The van der Waals surface area contributed by atoms with Crippen LogP contribution in [0.2, 0.25) is 0 Å². The number of carbonyl (C=O) groups is 3. The van der Waals surface area contributed by atoms with Crippen molar-refractivity contribution in [3.05, 3.63) is 101 Å². The predicted molar refractivity (Wildman–Crippen MR) is 144 cm³/mol. The molecular weight excluding hydrogens is 498 g/mol. The molecule has 1 aliphatic heterocycles. The number of fused-ring (bicyclic) bond motifs is 1. The highest BCUT2D eigenvalue weighted by molar-refractivity contribution is 6.12. The number of rotatable bonds is 6. The fourth-order valence-corrected chi connectivity index (χ4v) is 4.58. The summed E-state index contributed by atoms with van der Waals surface area (Å²) in [6.07, 6.45) is 2.38. The van der Waals surface area contributed by atoms with Crippen LogP contribution in [0.3, 0.4) is 0 Å². The zero-order valence-electron chi connectivity index (χ0n) is 21.0. The zero-order valence-corrected chi connectivity index (χ0v) is 21.0. The Morgan fingerprint density at radius 1 is 0.923 bits per heavy atom. The van der Waals surface area contributed by atoms with Crippen LogP contribution in [0.4, 0.5) is 0 Å². The van der Waals surface area contributed by atoms with E-state index in [1.807, 2.05) is 0 Å². The molecule has 0 unspecified atom stereocenters. The summed E-state index contributed by atoms with van der Waals surface area (Å²) >= 11 is 0. The lowest BCUT2D eigenvalue weighted by Crippen LogP contribution is -2.49. The molecule has 1 amide bonds. The molecule has 1 saturated heterocycles. The van der Waals surface area contributed by atoms with Gasteiger partial charge in [-0.05, 0) is 74.0 Å². The SMILES string of the molecule is O=C(N[C@@H]1CNCCC[C@H]1OC(=O)c1ccc(C(=O)c2cc3ncccc3cc2O)cc1)c1ccc(O)cc1. The van der Waals surface area contributed by atoms with E-state index >= 15 is 0 Å². The van der Waals surface area contributed by atoms with Crippen molar-refractivity contribution in [1.82, 2.24) is 15.6 Å². The van der Waals surface area contributed by atoms with Crippen LogP contribution in [0.25, 0.3) is 10.9 Å². The Labute approximate surface area is 224 Å². The van der Waals surface area contributed by atoms with Gasteiger partial charge in [-0.3, -0.25) is 14.6 Å². The van der Waals surface area contributed by atoms with E-state index in [1.165, 1.54) is 54.6 Å². The number of benzene rings is 3. The number of phenolic OH excluding ortho intramolecular Hbond substituents is 2. The maximum absolute atomic E-state index is 13.1. The van der Waals surface area contributed by atoms with E-state index in [2.05, 4.69) is 15.6 Å². The first kappa shape index (κ1) is 25.9. The molecule has 0 aliphatic carbocycles. The van der Waals surface area contributed by atoms with Crippen molar-refractivity contribution in [1.29, 1.82) is 0 Å². The lowest BCUT2D eigenvalue weighted by atomic mass is 9.99. The maximum Gasteiger partial charge on any atom is 0.338 e. The molecule has 0 radical (unpaired) electrons. The van der Waals surface area contributed by atoms with Gasteiger partial charge in [0.1, 0.15) is 17.6 Å². The highest BCUT2D eigenvalue weighted by Crippen LogP contribution is 2.26. The van der Waals surface area contributed by atoms with Gasteiger partial charge < -0.3 is 25.6 Å². The average molecular weight is 526 g/mol. The molecule has 0 saturated carbocycles. The predicted octanol–water partition coefficient (Wildman–Crippen LogP) is 3.58. The third-order valence-electron chi connectivity index (χ3n) is 6.71. The summed E-state index contributed by atoms with van der Waals surface area (Å²) in [7, 11) is 0. The Hall–Kier alpha value is -4.76. The van der Waals surface area contributed by atoms with Crippen molar-refractivity contribution in [3.8, 4) is 11.5 Å². The van der Waals surface area contributed by atoms with Crippen molar-refractivity contribution >= 4 is 28.6 Å². The number of ketones is 1. The fourth-order valence-electron chi connectivity index (χ4n) is 4.58. The Kier molecular flexibility index (Phi) is 7.51. The smallest absolute Gasteiger partial charge is 0.338 e. The summed E-state index contributed by atoms with van der Waals surface area (Å²) < 4.78 is 5.81. The number of nitrogens with zero attached hydrogens (tertiary/aromatic N) is 1. The van der Waals surface area contributed by atoms with E-state index in [9.17, 15) is 24.6 Å². The second-order valence-corrected chi connectivity index (χ2v) is 9.39. The number of pyridine rings is 1. The Balaban J connectivity index is 1.28. The minimum atomic E-state index is -0.567. The maximum atomic E-state index is 13.1. The van der Waals surface area contributed by atoms with Crippen molar-refractivity contribution in [2.75, 3.05) is 13.1 Å². The van der Waals surface area contributed by atoms with Gasteiger partial charge in [0.25, 0.3) is 5.91 Å². The normalized spacial score (nSPS) is 17.2. The molecule has 4 aromatic rings. The number of hydrogen-bond donors (Lipinski definition) is 4. The molecular formula is C30H27N3O6. The number of aromatic hydroxyl groups is 2. The first-order valence-corrected chi connectivity index (χ1v) is 12.6. The third kappa shape index (κ3) is 5.89. The van der Waals surface area contributed by atoms with Gasteiger partial charge in [0, 0.05) is 29.3 Å². The molecule has 39 heavy (non-hydrogen) atoms. The monoisotopic (exact) mass is 525 g/mol. The van der Waals surface area contributed by atoms with Crippen LogP contribution in [0.5, 0.6) is 11.5 Å². The number of phenols is 2. The van der Waals surface area contributed by atoms with Crippen LogP contribution in [0.15, 0.2) is 79.0 Å². The molecule has 1 aliphatic rings. The van der Waals surface area contributed by atoms with E-state index in [4.69, 9.17) is 4.74 Å². The number of nitrogens with one attached hydrogen (secondary N) is 2. The minimum absolute atomic E-state index is 0.0632. The molecule has 0 spiro atoms. The van der Waals surface area contributed by atoms with Gasteiger partial charge in [0.15, 0.2) is 5.78 Å². The summed E-state index contributed by atoms with van der Waals surface area (Å²) in [4.78, 5) is 43.0. The molecule has 2 heterocycles. The van der Waals surface area contributed by atoms with Gasteiger partial charge in [-0.2, -0.15) is 0 Å². The Bertz CT molecular complexity index is 1520. The molecule has 2 atom stereocenters. The number of amides is 1. The van der Waals surface area contributed by atoms with Crippen LogP contribution in [0, 0.1) is 0 Å². The van der Waals surface area contributed by atoms with Gasteiger partial charge in [-0.1, -0.05) is 18.2 Å². The highest BCUT2D eigenvalue weighted by atomic mass is 16.5. The van der Waals surface area contributed by atoms with Crippen LogP contribution < -0.4 is 10.6 Å². The van der Waals surface area contributed by atoms with Crippen molar-refractivity contribution < 1.29 is 29.3 Å². The molecule has 9 heteroatoms. The molecule has 0 bridgehead atoms. The molecule has 9 nitrogen and oxygen atoms in total. The van der Waals surface area contributed by atoms with Gasteiger partial charge >= 0.3 is 5.97 Å². The van der Waals surface area contributed by atoms with Crippen LogP contribution in [-0.2, 0) is 4.74 Å². The standard InChI is InChI=1S/C30H27N3O6/c34-22-11-9-19(10-12-22)29(37)33-25-17-31-13-2-4-27(25)39-30(38)20-7-5-18(6-8-20)28(36)23-16-24-21(15-26(23)35)3-1-14-32-24/h1,3,5-12,14-16,25,27,31,34-35H,2,4,13,17H2,(H,33,37)/t25-,27-/m1/s1. The van der Waals surface area contributed by atoms with Crippen molar-refractivity contribution in [2.45, 2.75) is 25.0 Å². The molecule has 1 aromatic heterocycles. The number of hydrogen-bond acceptors (Lipinski definition) is 8. The zero-order chi connectivity index (χ0) is 27.4. The molecule has 4 N–H and O–H groups in total. The topological polar surface area (TPSA) is 138 Å². The van der Waals surface area contributed by atoms with E-state index in [0.717, 1.165) is 18.4 Å².